The molecule has 2 fully saturated rings. The van der Waals surface area contributed by atoms with Gasteiger partial charge in [-0.2, -0.15) is 0 Å². The van der Waals surface area contributed by atoms with Crippen LogP contribution in [-0.4, -0.2) is 92.9 Å². The second-order valence-corrected chi connectivity index (χ2v) is 17.6. The minimum atomic E-state index is -0.672. The van der Waals surface area contributed by atoms with Gasteiger partial charge in [-0.05, 0) is 74.5 Å². The molecule has 0 spiro atoms. The van der Waals surface area contributed by atoms with Crippen LogP contribution in [0.3, 0.4) is 0 Å². The van der Waals surface area contributed by atoms with E-state index in [9.17, 15) is 14.4 Å². The van der Waals surface area contributed by atoms with Crippen molar-refractivity contribution >= 4 is 50.0 Å². The van der Waals surface area contributed by atoms with Gasteiger partial charge in [-0.3, -0.25) is 14.5 Å². The molecule has 4 atom stereocenters. The molecule has 6 heterocycles. The molecule has 0 saturated carbocycles. The highest BCUT2D eigenvalue weighted by atomic mass is 32.1. The molecule has 2 aromatic carbocycles. The quantitative estimate of drug-likeness (QED) is 0.120. The molecule has 2 aliphatic heterocycles. The van der Waals surface area contributed by atoms with Crippen molar-refractivity contribution < 1.29 is 19.1 Å². The summed E-state index contributed by atoms with van der Waals surface area (Å²) in [6.45, 7) is 5.16. The van der Waals surface area contributed by atoms with Crippen LogP contribution < -0.4 is 5.32 Å². The number of methoxy groups -OCH3 is 1. The minimum absolute atomic E-state index is 0.0880. The summed E-state index contributed by atoms with van der Waals surface area (Å²) in [5, 5.41) is 2.71. The van der Waals surface area contributed by atoms with Gasteiger partial charge in [0.05, 0.1) is 47.9 Å². The van der Waals surface area contributed by atoms with E-state index in [4.69, 9.17) is 14.7 Å². The molecular formula is C43H48N8O4S2. The number of likely N-dealkylation sites (N-methyl/N-ethyl adjacent to an activating group) is 1. The molecule has 2 saturated heterocycles. The number of H-pyrrole nitrogens is 2. The van der Waals surface area contributed by atoms with E-state index in [1.165, 1.54) is 21.4 Å². The number of amides is 3. The summed E-state index contributed by atoms with van der Waals surface area (Å²) in [4.78, 5) is 64.1. The smallest absolute Gasteiger partial charge is 0.407 e. The largest absolute Gasteiger partial charge is 0.453 e. The maximum absolute atomic E-state index is 13.9. The monoisotopic (exact) mass is 804 g/mol. The average Bonchev–Trinajstić information content (AvgIpc) is 4.06. The first-order valence-corrected chi connectivity index (χ1v) is 21.1. The van der Waals surface area contributed by atoms with E-state index < -0.39 is 12.1 Å². The van der Waals surface area contributed by atoms with Gasteiger partial charge in [0.1, 0.15) is 23.7 Å². The van der Waals surface area contributed by atoms with Gasteiger partial charge in [-0.25, -0.2) is 14.8 Å². The zero-order valence-corrected chi connectivity index (χ0v) is 34.5. The predicted octanol–water partition coefficient (Wildman–Crippen LogP) is 8.42. The van der Waals surface area contributed by atoms with Crippen molar-refractivity contribution in [3.63, 3.8) is 0 Å². The van der Waals surface area contributed by atoms with Crippen LogP contribution >= 0.6 is 22.7 Å². The number of nitrogens with zero attached hydrogens (tertiary/aromatic N) is 5. The van der Waals surface area contributed by atoms with Crippen LogP contribution in [0.4, 0.5) is 4.79 Å². The molecule has 14 heteroatoms. The number of imidazole rings is 2. The number of aromatic nitrogens is 4. The lowest BCUT2D eigenvalue weighted by molar-refractivity contribution is -0.137. The lowest BCUT2D eigenvalue weighted by Gasteiger charge is -2.31. The molecule has 4 aromatic heterocycles. The van der Waals surface area contributed by atoms with E-state index in [0.29, 0.717) is 13.1 Å². The highest BCUT2D eigenvalue weighted by Gasteiger charge is 2.39. The minimum Gasteiger partial charge on any atom is -0.453 e. The molecule has 6 aromatic rings. The number of benzene rings is 2. The number of fused-ring (bicyclic) bond motifs is 1. The third kappa shape index (κ3) is 7.73. The van der Waals surface area contributed by atoms with E-state index in [2.05, 4.69) is 51.7 Å². The topological polar surface area (TPSA) is 140 Å². The van der Waals surface area contributed by atoms with Crippen molar-refractivity contribution in [1.82, 2.24) is 40.0 Å². The van der Waals surface area contributed by atoms with Crippen molar-refractivity contribution in [1.29, 1.82) is 0 Å². The number of hydrogen-bond acceptors (Lipinski definition) is 9. The lowest BCUT2D eigenvalue weighted by atomic mass is 10.0. The van der Waals surface area contributed by atoms with E-state index >= 15 is 0 Å². The number of carbonyl (C=O) groups is 3. The van der Waals surface area contributed by atoms with Gasteiger partial charge in [-0.1, -0.05) is 68.4 Å². The fourth-order valence-corrected chi connectivity index (χ4v) is 10.5. The van der Waals surface area contributed by atoms with Crippen LogP contribution in [0.5, 0.6) is 0 Å². The average molecular weight is 805 g/mol. The van der Waals surface area contributed by atoms with E-state index in [1.54, 1.807) is 22.7 Å². The van der Waals surface area contributed by atoms with Gasteiger partial charge in [0.25, 0.3) is 0 Å². The van der Waals surface area contributed by atoms with Gasteiger partial charge in [0.15, 0.2) is 0 Å². The molecule has 2 aliphatic rings. The fourth-order valence-electron chi connectivity index (χ4n) is 8.17. The normalized spacial score (nSPS) is 18.2. The van der Waals surface area contributed by atoms with Crippen molar-refractivity contribution in [2.45, 2.75) is 63.7 Å². The highest BCUT2D eigenvalue weighted by molar-refractivity contribution is 7.31. The maximum Gasteiger partial charge on any atom is 0.407 e. The SMILES string of the molecule is COC(=O)N[C@H](C(=O)N1CCC[C@H]1c1ncc(-c2cc3sc(-c4ccc(-c5cnc([C@@H]6CCCN6C(=O)[C@@H](c6ccccc6)N(C)C)[nH]5)cc4)cc3s2)[nH]1)C(C)C. The van der Waals surface area contributed by atoms with Crippen molar-refractivity contribution in [2.24, 2.45) is 5.92 Å². The standard InChI is InChI=1S/C43H48N8O4S2/c1-25(2)37(48-43(54)55-5)41(52)50-19-9-13-31(50)40-45-24-30(47-40)34-22-36-35(57-34)21-33(56-36)27-17-15-26(16-18-27)29-23-44-39(46-29)32-14-10-20-51(32)42(53)38(49(3)4)28-11-7-6-8-12-28/h6-8,11-12,15-18,21-25,31-32,37-38H,9-10,13-14,19-20H2,1-5H3,(H,44,46)(H,45,47)(H,48,54)/t31-,32-,37-,38+/m0/s1. The molecule has 8 rings (SSSR count). The second kappa shape index (κ2) is 16.3. The molecule has 0 bridgehead atoms. The maximum atomic E-state index is 13.9. The van der Waals surface area contributed by atoms with Crippen molar-refractivity contribution in [3.8, 4) is 32.3 Å². The molecule has 0 radical (unpaired) electrons. The van der Waals surface area contributed by atoms with E-state index in [-0.39, 0.29) is 35.9 Å². The Bertz CT molecular complexity index is 2330. The number of carbonyl (C=O) groups excluding carboxylic acids is 3. The number of thiophene rings is 2. The zero-order valence-electron chi connectivity index (χ0n) is 32.8. The highest BCUT2D eigenvalue weighted by Crippen LogP contribution is 2.43. The van der Waals surface area contributed by atoms with E-state index in [0.717, 1.165) is 70.3 Å². The Kier molecular flexibility index (Phi) is 11.0. The van der Waals surface area contributed by atoms with Gasteiger partial charge in [0.2, 0.25) is 11.8 Å². The number of rotatable bonds is 11. The van der Waals surface area contributed by atoms with Gasteiger partial charge in [-0.15, -0.1) is 22.7 Å². The Balaban J connectivity index is 0.937. The number of likely N-dealkylation sites (tertiary alicyclic amines) is 2. The summed E-state index contributed by atoms with van der Waals surface area (Å²) in [5.74, 6) is 1.47. The Labute approximate surface area is 340 Å². The fraction of sp³-hybridized carbons (Fsp3) is 0.372. The van der Waals surface area contributed by atoms with Gasteiger partial charge in [0, 0.05) is 27.4 Å². The summed E-state index contributed by atoms with van der Waals surface area (Å²) in [7, 11) is 5.21. The Morgan fingerprint density at radius 1 is 0.789 bits per heavy atom. The molecule has 296 valence electrons. The Morgan fingerprint density at radius 3 is 1.96 bits per heavy atom. The van der Waals surface area contributed by atoms with Crippen molar-refractivity contribution in [3.05, 3.63) is 96.3 Å². The summed E-state index contributed by atoms with van der Waals surface area (Å²) in [6.07, 6.45) is 6.61. The third-order valence-electron chi connectivity index (χ3n) is 11.1. The molecule has 12 nitrogen and oxygen atoms in total. The second-order valence-electron chi connectivity index (χ2n) is 15.4. The van der Waals surface area contributed by atoms with Gasteiger partial charge < -0.3 is 29.8 Å². The number of alkyl carbamates (subject to hydrolysis) is 1. The van der Waals surface area contributed by atoms with Crippen molar-refractivity contribution in [2.75, 3.05) is 34.3 Å². The number of nitrogens with one attached hydrogen (secondary N) is 3. The Hall–Kier alpha value is -5.31. The molecule has 0 unspecified atom stereocenters. The van der Waals surface area contributed by atoms with Gasteiger partial charge >= 0.3 is 6.09 Å². The molecular weight excluding hydrogens is 757 g/mol. The zero-order chi connectivity index (χ0) is 39.8. The number of ether oxygens (including phenoxy) is 1. The lowest BCUT2D eigenvalue weighted by Crippen LogP contribution is -2.51. The number of hydrogen-bond donors (Lipinski definition) is 3. The Morgan fingerprint density at radius 2 is 1.35 bits per heavy atom. The third-order valence-corrected chi connectivity index (χ3v) is 13.5. The predicted molar refractivity (Wildman–Crippen MR) is 225 cm³/mol. The summed E-state index contributed by atoms with van der Waals surface area (Å²) >= 11 is 3.48. The van der Waals surface area contributed by atoms with Crippen LogP contribution in [-0.2, 0) is 14.3 Å². The first-order chi connectivity index (χ1) is 27.6. The first kappa shape index (κ1) is 38.6. The first-order valence-electron chi connectivity index (χ1n) is 19.5. The molecule has 57 heavy (non-hydrogen) atoms. The van der Waals surface area contributed by atoms with Crippen LogP contribution in [0.2, 0.25) is 0 Å². The summed E-state index contributed by atoms with van der Waals surface area (Å²) in [6, 6.07) is 21.7. The summed E-state index contributed by atoms with van der Waals surface area (Å²) in [5.41, 5.74) is 5.04. The number of aromatic amines is 2. The molecule has 3 N–H and O–H groups in total. The van der Waals surface area contributed by atoms with Crippen LogP contribution in [0.1, 0.15) is 74.9 Å². The molecule has 0 aliphatic carbocycles. The molecule has 3 amide bonds. The van der Waals surface area contributed by atoms with Crippen LogP contribution in [0.25, 0.3) is 41.7 Å². The van der Waals surface area contributed by atoms with E-state index in [1.807, 2.05) is 85.4 Å². The summed E-state index contributed by atoms with van der Waals surface area (Å²) < 4.78 is 7.18. The van der Waals surface area contributed by atoms with Crippen LogP contribution in [0.15, 0.2) is 79.1 Å². The van der Waals surface area contributed by atoms with Crippen LogP contribution in [0, 0.1) is 5.92 Å².